The Morgan fingerprint density at radius 2 is 2.00 bits per heavy atom. The summed E-state index contributed by atoms with van der Waals surface area (Å²) in [6, 6.07) is 9.31. The van der Waals surface area contributed by atoms with Gasteiger partial charge in [-0.05, 0) is 18.9 Å². The number of ketones is 1. The van der Waals surface area contributed by atoms with Gasteiger partial charge in [0.15, 0.2) is 5.78 Å². The Morgan fingerprint density at radius 3 is 2.69 bits per heavy atom. The zero-order valence-corrected chi connectivity index (χ0v) is 14.7. The van der Waals surface area contributed by atoms with E-state index in [0.717, 1.165) is 0 Å². The third kappa shape index (κ3) is 1.79. The first-order valence-corrected chi connectivity index (χ1v) is 8.50. The summed E-state index contributed by atoms with van der Waals surface area (Å²) in [7, 11) is 3.60. The second-order valence-electron chi connectivity index (χ2n) is 6.88. The van der Waals surface area contributed by atoms with Gasteiger partial charge in [0.2, 0.25) is 5.91 Å². The topological polar surface area (TPSA) is 102 Å². The van der Waals surface area contributed by atoms with E-state index in [-0.39, 0.29) is 23.1 Å². The third-order valence-corrected chi connectivity index (χ3v) is 5.31. The number of benzene rings is 1. The summed E-state index contributed by atoms with van der Waals surface area (Å²) in [4.78, 5) is 26.3. The monoisotopic (exact) mass is 349 g/mol. The van der Waals surface area contributed by atoms with Crippen LogP contribution in [0.1, 0.15) is 24.8 Å². The Hall–Kier alpha value is -3.11. The average molecular weight is 349 g/mol. The van der Waals surface area contributed by atoms with Gasteiger partial charge in [-0.25, -0.2) is 5.01 Å². The number of nitrogens with one attached hydrogen (secondary N) is 1. The predicted octanol–water partition coefficient (Wildman–Crippen LogP) is 1.37. The van der Waals surface area contributed by atoms with Crippen molar-refractivity contribution >= 4 is 17.4 Å². The van der Waals surface area contributed by atoms with Gasteiger partial charge < -0.3 is 11.1 Å². The maximum atomic E-state index is 13.2. The van der Waals surface area contributed by atoms with E-state index in [9.17, 15) is 14.9 Å². The number of amides is 1. The Labute approximate surface area is 151 Å². The van der Waals surface area contributed by atoms with Crippen LogP contribution in [0.25, 0.3) is 0 Å². The highest BCUT2D eigenvalue weighted by Gasteiger charge is 2.60. The number of rotatable bonds is 1. The van der Waals surface area contributed by atoms with Gasteiger partial charge in [-0.1, -0.05) is 18.2 Å². The normalized spacial score (nSPS) is 24.8. The number of hydrogen-bond donors (Lipinski definition) is 2. The van der Waals surface area contributed by atoms with Gasteiger partial charge in [-0.2, -0.15) is 5.26 Å². The average Bonchev–Trinajstić information content (AvgIpc) is 2.88. The molecule has 4 rings (SSSR count). The molecule has 0 radical (unpaired) electrons. The molecule has 1 spiro atoms. The first-order chi connectivity index (χ1) is 12.4. The van der Waals surface area contributed by atoms with Crippen LogP contribution in [0.4, 0.5) is 5.69 Å². The van der Waals surface area contributed by atoms with Crippen molar-refractivity contribution in [3.8, 4) is 6.07 Å². The number of hydrazine groups is 1. The molecule has 0 aromatic heterocycles. The van der Waals surface area contributed by atoms with E-state index in [1.54, 1.807) is 42.3 Å². The molecular formula is C19H19N5O2. The van der Waals surface area contributed by atoms with E-state index < -0.39 is 5.41 Å². The van der Waals surface area contributed by atoms with Gasteiger partial charge in [-0.15, -0.1) is 0 Å². The molecule has 132 valence electrons. The summed E-state index contributed by atoms with van der Waals surface area (Å²) < 4.78 is 0. The molecular weight excluding hydrogens is 330 g/mol. The standard InChI is InChI=1S/C19H19N5O2/c1-23(2)24-14-8-5-9-15(25)16(14)19(12(10-20)17(24)21)11-6-3-4-7-13(11)22-18(19)26/h3-4,6-7H,5,8-9,21H2,1-2H3,(H,22,26). The highest BCUT2D eigenvalue weighted by molar-refractivity contribution is 6.19. The minimum absolute atomic E-state index is 0.0997. The summed E-state index contributed by atoms with van der Waals surface area (Å²) in [6.07, 6.45) is 1.67. The summed E-state index contributed by atoms with van der Waals surface area (Å²) in [5.74, 6) is -0.303. The first kappa shape index (κ1) is 16.4. The fraction of sp³-hybridized carbons (Fsp3) is 0.316. The number of fused-ring (bicyclic) bond motifs is 3. The van der Waals surface area contributed by atoms with E-state index in [1.807, 2.05) is 6.07 Å². The zero-order chi connectivity index (χ0) is 18.6. The zero-order valence-electron chi connectivity index (χ0n) is 14.7. The summed E-state index contributed by atoms with van der Waals surface area (Å²) >= 11 is 0. The minimum Gasteiger partial charge on any atom is -0.383 e. The first-order valence-electron chi connectivity index (χ1n) is 8.50. The summed E-state index contributed by atoms with van der Waals surface area (Å²) in [5, 5.41) is 16.2. The largest absolute Gasteiger partial charge is 0.383 e. The minimum atomic E-state index is -1.46. The van der Waals surface area contributed by atoms with Crippen molar-refractivity contribution in [1.29, 1.82) is 5.26 Å². The molecule has 26 heavy (non-hydrogen) atoms. The lowest BCUT2D eigenvalue weighted by atomic mass is 9.64. The van der Waals surface area contributed by atoms with Crippen LogP contribution in [0.5, 0.6) is 0 Å². The number of Topliss-reactive ketones (excluding diaryl/α,β-unsaturated/α-hetero) is 1. The van der Waals surface area contributed by atoms with Crippen LogP contribution < -0.4 is 11.1 Å². The lowest BCUT2D eigenvalue weighted by Gasteiger charge is -2.45. The summed E-state index contributed by atoms with van der Waals surface area (Å²) in [5.41, 5.74) is 7.33. The van der Waals surface area contributed by atoms with Crippen LogP contribution in [0.2, 0.25) is 0 Å². The number of anilines is 1. The fourth-order valence-corrected chi connectivity index (χ4v) is 4.39. The Morgan fingerprint density at radius 1 is 1.27 bits per heavy atom. The van der Waals surface area contributed by atoms with Crippen molar-refractivity contribution in [2.24, 2.45) is 5.73 Å². The molecule has 1 aromatic rings. The molecule has 0 saturated heterocycles. The highest BCUT2D eigenvalue weighted by atomic mass is 16.2. The lowest BCUT2D eigenvalue weighted by molar-refractivity contribution is -0.123. The number of hydrogen-bond acceptors (Lipinski definition) is 6. The van der Waals surface area contributed by atoms with Gasteiger partial charge in [0.05, 0.1) is 5.57 Å². The van der Waals surface area contributed by atoms with Crippen LogP contribution in [0.15, 0.2) is 46.9 Å². The van der Waals surface area contributed by atoms with E-state index in [1.165, 1.54) is 0 Å². The van der Waals surface area contributed by atoms with Crippen LogP contribution >= 0.6 is 0 Å². The van der Waals surface area contributed by atoms with Crippen molar-refractivity contribution in [2.75, 3.05) is 19.4 Å². The van der Waals surface area contributed by atoms with Crippen LogP contribution in [0, 0.1) is 11.3 Å². The quantitative estimate of drug-likeness (QED) is 0.794. The Kier molecular flexibility index (Phi) is 3.43. The molecule has 2 heterocycles. The number of nitrogens with zero attached hydrogens (tertiary/aromatic N) is 3. The van der Waals surface area contributed by atoms with Gasteiger partial charge in [0.25, 0.3) is 0 Å². The SMILES string of the molecule is CN(C)N1C(N)=C(C#N)C2(C(=O)Nc3ccccc32)C2=C1CCCC2=O. The van der Waals surface area contributed by atoms with Crippen molar-refractivity contribution in [1.82, 2.24) is 10.0 Å². The van der Waals surface area contributed by atoms with E-state index in [2.05, 4.69) is 11.4 Å². The lowest BCUT2D eigenvalue weighted by Crippen LogP contribution is -2.53. The molecule has 1 amide bonds. The van der Waals surface area contributed by atoms with Gasteiger partial charge in [0.1, 0.15) is 17.3 Å². The molecule has 1 unspecified atom stereocenters. The molecule has 0 fully saturated rings. The molecule has 2 aliphatic heterocycles. The molecule has 7 heteroatoms. The maximum absolute atomic E-state index is 13.2. The van der Waals surface area contributed by atoms with Crippen molar-refractivity contribution in [3.63, 3.8) is 0 Å². The van der Waals surface area contributed by atoms with E-state index >= 15 is 0 Å². The maximum Gasteiger partial charge on any atom is 0.245 e. The van der Waals surface area contributed by atoms with Crippen molar-refractivity contribution in [3.05, 3.63) is 52.5 Å². The van der Waals surface area contributed by atoms with Crippen molar-refractivity contribution < 1.29 is 9.59 Å². The second-order valence-corrected chi connectivity index (χ2v) is 6.88. The number of carbonyl (C=O) groups excluding carboxylic acids is 2. The van der Waals surface area contributed by atoms with Crippen LogP contribution in [0.3, 0.4) is 0 Å². The smallest absolute Gasteiger partial charge is 0.245 e. The molecule has 1 atom stereocenters. The number of para-hydroxylation sites is 1. The Balaban J connectivity index is 2.14. The number of allylic oxidation sites excluding steroid dienone is 1. The molecule has 1 aliphatic carbocycles. The van der Waals surface area contributed by atoms with Gasteiger partial charge in [0, 0.05) is 43.0 Å². The van der Waals surface area contributed by atoms with Gasteiger partial charge >= 0.3 is 0 Å². The number of nitrogens with two attached hydrogens (primary N) is 1. The predicted molar refractivity (Wildman–Crippen MR) is 95.0 cm³/mol. The second kappa shape index (κ2) is 5.44. The van der Waals surface area contributed by atoms with E-state index in [0.29, 0.717) is 41.8 Å². The van der Waals surface area contributed by atoms with Crippen LogP contribution in [-0.2, 0) is 15.0 Å². The van der Waals surface area contributed by atoms with Crippen LogP contribution in [-0.4, -0.2) is 35.8 Å². The van der Waals surface area contributed by atoms with E-state index in [4.69, 9.17) is 5.73 Å². The fourth-order valence-electron chi connectivity index (χ4n) is 4.39. The number of carbonyl (C=O) groups is 2. The molecule has 1 aromatic carbocycles. The Bertz CT molecular complexity index is 953. The van der Waals surface area contributed by atoms with Gasteiger partial charge in [-0.3, -0.25) is 14.6 Å². The highest BCUT2D eigenvalue weighted by Crippen LogP contribution is 2.54. The molecule has 0 saturated carbocycles. The molecule has 3 aliphatic rings. The number of nitriles is 1. The molecule has 3 N–H and O–H groups in total. The molecule has 7 nitrogen and oxygen atoms in total. The third-order valence-electron chi connectivity index (χ3n) is 5.31. The molecule has 0 bridgehead atoms. The van der Waals surface area contributed by atoms with Crippen molar-refractivity contribution in [2.45, 2.75) is 24.7 Å². The summed E-state index contributed by atoms with van der Waals surface area (Å²) in [6.45, 7) is 0.